The van der Waals surface area contributed by atoms with Gasteiger partial charge in [0.05, 0.1) is 16.1 Å². The van der Waals surface area contributed by atoms with Crippen LogP contribution in [0.25, 0.3) is 10.2 Å². The topological polar surface area (TPSA) is 72.0 Å². The second-order valence-electron chi connectivity index (χ2n) is 7.28. The van der Waals surface area contributed by atoms with Crippen LogP contribution in [-0.2, 0) is 9.59 Å². The lowest BCUT2D eigenvalue weighted by Crippen LogP contribution is -2.37. The summed E-state index contributed by atoms with van der Waals surface area (Å²) in [4.78, 5) is 34.0. The Labute approximate surface area is 177 Å². The van der Waals surface area contributed by atoms with Gasteiger partial charge in [0.25, 0.3) is 0 Å². The summed E-state index contributed by atoms with van der Waals surface area (Å²) in [5, 5.41) is 0.675. The summed E-state index contributed by atoms with van der Waals surface area (Å²) in [5.41, 5.74) is 1.60. The largest absolute Gasteiger partial charge is 0.486 e. The number of para-hydroxylation sites is 1. The Morgan fingerprint density at radius 1 is 1.20 bits per heavy atom. The Morgan fingerprint density at radius 2 is 2.00 bits per heavy atom. The van der Waals surface area contributed by atoms with Crippen LogP contribution in [0.15, 0.2) is 42.5 Å². The minimum absolute atomic E-state index is 0.0645. The van der Waals surface area contributed by atoms with E-state index in [1.54, 1.807) is 9.80 Å². The number of amides is 2. The van der Waals surface area contributed by atoms with E-state index in [0.717, 1.165) is 15.9 Å². The molecule has 0 N–H and O–H groups in total. The molecule has 30 heavy (non-hydrogen) atoms. The number of hydrogen-bond donors (Lipinski definition) is 0. The first-order valence-corrected chi connectivity index (χ1v) is 10.8. The predicted octanol–water partition coefficient (Wildman–Crippen LogP) is 3.47. The number of thiazole rings is 1. The predicted molar refractivity (Wildman–Crippen MR) is 116 cm³/mol. The van der Waals surface area contributed by atoms with E-state index in [9.17, 15) is 9.59 Å². The molecule has 1 atom stereocenters. The van der Waals surface area contributed by atoms with Crippen molar-refractivity contribution >= 4 is 44.2 Å². The number of aromatic nitrogens is 1. The number of anilines is 2. The molecule has 2 aliphatic heterocycles. The van der Waals surface area contributed by atoms with Crippen molar-refractivity contribution in [2.24, 2.45) is 5.92 Å². The normalized spacial score (nSPS) is 18.1. The molecule has 154 valence electrons. The van der Waals surface area contributed by atoms with Crippen LogP contribution in [0.4, 0.5) is 10.8 Å². The number of benzene rings is 2. The number of ether oxygens (including phenoxy) is 2. The summed E-state index contributed by atoms with van der Waals surface area (Å²) in [7, 11) is 0. The summed E-state index contributed by atoms with van der Waals surface area (Å²) in [6, 6.07) is 13.3. The van der Waals surface area contributed by atoms with E-state index in [1.807, 2.05) is 49.4 Å². The number of fused-ring (bicyclic) bond motifs is 2. The number of carbonyl (C=O) groups is 2. The van der Waals surface area contributed by atoms with E-state index in [-0.39, 0.29) is 18.2 Å². The van der Waals surface area contributed by atoms with Crippen LogP contribution in [-0.4, -0.2) is 43.1 Å². The van der Waals surface area contributed by atoms with Crippen molar-refractivity contribution in [3.8, 4) is 11.5 Å². The van der Waals surface area contributed by atoms with Crippen molar-refractivity contribution < 1.29 is 19.1 Å². The molecule has 1 saturated heterocycles. The van der Waals surface area contributed by atoms with Gasteiger partial charge in [0.2, 0.25) is 11.8 Å². The molecule has 0 aliphatic carbocycles. The zero-order valence-corrected chi connectivity index (χ0v) is 17.4. The van der Waals surface area contributed by atoms with Crippen molar-refractivity contribution in [3.63, 3.8) is 0 Å². The molecule has 1 unspecified atom stereocenters. The Balaban J connectivity index is 1.37. The Bertz CT molecular complexity index is 1100. The number of rotatable bonds is 4. The van der Waals surface area contributed by atoms with Gasteiger partial charge in [0, 0.05) is 31.3 Å². The molecule has 0 bridgehead atoms. The monoisotopic (exact) mass is 423 g/mol. The molecule has 3 aromatic rings. The molecule has 0 radical (unpaired) electrons. The van der Waals surface area contributed by atoms with Gasteiger partial charge in [0.15, 0.2) is 16.6 Å². The number of nitrogens with zero attached hydrogens (tertiary/aromatic N) is 3. The zero-order valence-electron chi connectivity index (χ0n) is 16.5. The van der Waals surface area contributed by atoms with Crippen molar-refractivity contribution in [1.29, 1.82) is 0 Å². The number of hydrogen-bond acceptors (Lipinski definition) is 6. The number of carbonyl (C=O) groups excluding carboxylic acids is 2. The maximum Gasteiger partial charge on any atom is 0.234 e. The fourth-order valence-corrected chi connectivity index (χ4v) is 4.94. The van der Waals surface area contributed by atoms with E-state index in [4.69, 9.17) is 9.47 Å². The molecule has 2 aliphatic rings. The van der Waals surface area contributed by atoms with Crippen LogP contribution in [0.2, 0.25) is 0 Å². The molecule has 0 saturated carbocycles. The maximum atomic E-state index is 13.3. The summed E-state index contributed by atoms with van der Waals surface area (Å²) >= 11 is 1.50. The first-order chi connectivity index (χ1) is 14.6. The lowest BCUT2D eigenvalue weighted by atomic mass is 10.1. The van der Waals surface area contributed by atoms with Gasteiger partial charge < -0.3 is 14.4 Å². The molecule has 2 amide bonds. The van der Waals surface area contributed by atoms with Gasteiger partial charge in [0.1, 0.15) is 13.2 Å². The van der Waals surface area contributed by atoms with E-state index >= 15 is 0 Å². The molecule has 1 fully saturated rings. The van der Waals surface area contributed by atoms with Crippen LogP contribution >= 0.6 is 11.3 Å². The second kappa shape index (κ2) is 7.60. The van der Waals surface area contributed by atoms with E-state index in [2.05, 4.69) is 4.98 Å². The maximum absolute atomic E-state index is 13.3. The first-order valence-electron chi connectivity index (χ1n) is 10.0. The highest BCUT2D eigenvalue weighted by atomic mass is 32.1. The molecular weight excluding hydrogens is 402 g/mol. The van der Waals surface area contributed by atoms with Crippen LogP contribution in [0.1, 0.15) is 13.3 Å². The molecule has 2 aromatic carbocycles. The molecule has 7 nitrogen and oxygen atoms in total. The highest BCUT2D eigenvalue weighted by Gasteiger charge is 2.38. The Morgan fingerprint density at radius 3 is 2.80 bits per heavy atom. The SMILES string of the molecule is CCN(C(=O)C1CC(=O)N(c2ccc3c(c2)OCCO3)C1)c1nc2ccccc2s1. The summed E-state index contributed by atoms with van der Waals surface area (Å²) in [6.07, 6.45) is 0.189. The minimum atomic E-state index is -0.405. The van der Waals surface area contributed by atoms with Gasteiger partial charge in [-0.2, -0.15) is 0 Å². The quantitative estimate of drug-likeness (QED) is 0.643. The lowest BCUT2D eigenvalue weighted by molar-refractivity contribution is -0.124. The summed E-state index contributed by atoms with van der Waals surface area (Å²) in [5.74, 6) is 0.774. The summed E-state index contributed by atoms with van der Waals surface area (Å²) < 4.78 is 12.2. The first kappa shape index (κ1) is 18.9. The molecule has 1 aromatic heterocycles. The van der Waals surface area contributed by atoms with Gasteiger partial charge in [-0.05, 0) is 31.2 Å². The highest BCUT2D eigenvalue weighted by molar-refractivity contribution is 7.22. The van der Waals surface area contributed by atoms with Crippen LogP contribution < -0.4 is 19.3 Å². The van der Waals surface area contributed by atoms with E-state index < -0.39 is 5.92 Å². The average Bonchev–Trinajstić information content (AvgIpc) is 3.37. The highest BCUT2D eigenvalue weighted by Crippen LogP contribution is 2.37. The lowest BCUT2D eigenvalue weighted by Gasteiger charge is -2.23. The summed E-state index contributed by atoms with van der Waals surface area (Å²) in [6.45, 7) is 3.79. The third kappa shape index (κ3) is 3.27. The molecule has 3 heterocycles. The Hall–Kier alpha value is -3.13. The van der Waals surface area contributed by atoms with Crippen molar-refractivity contribution in [2.75, 3.05) is 36.1 Å². The van der Waals surface area contributed by atoms with E-state index in [0.29, 0.717) is 42.9 Å². The van der Waals surface area contributed by atoms with Gasteiger partial charge in [-0.3, -0.25) is 14.5 Å². The molecule has 8 heteroatoms. The van der Waals surface area contributed by atoms with Crippen molar-refractivity contribution in [3.05, 3.63) is 42.5 Å². The minimum Gasteiger partial charge on any atom is -0.486 e. The molecule has 5 rings (SSSR count). The smallest absolute Gasteiger partial charge is 0.234 e. The van der Waals surface area contributed by atoms with Crippen molar-refractivity contribution in [1.82, 2.24) is 4.98 Å². The third-order valence-corrected chi connectivity index (χ3v) is 6.47. The van der Waals surface area contributed by atoms with Gasteiger partial charge in [-0.25, -0.2) is 4.98 Å². The van der Waals surface area contributed by atoms with E-state index in [1.165, 1.54) is 11.3 Å². The average molecular weight is 423 g/mol. The third-order valence-electron chi connectivity index (χ3n) is 5.41. The standard InChI is InChI=1S/C22H21N3O4S/c1-2-24(22-23-16-5-3-4-6-19(16)30-22)21(27)14-11-20(26)25(13-14)15-7-8-17-18(12-15)29-10-9-28-17/h3-8,12,14H,2,9-11,13H2,1H3. The molecular formula is C22H21N3O4S. The van der Waals surface area contributed by atoms with Crippen molar-refractivity contribution in [2.45, 2.75) is 13.3 Å². The fraction of sp³-hybridized carbons (Fsp3) is 0.318. The van der Waals surface area contributed by atoms with Gasteiger partial charge >= 0.3 is 0 Å². The second-order valence-corrected chi connectivity index (χ2v) is 8.29. The molecule has 0 spiro atoms. The fourth-order valence-electron chi connectivity index (χ4n) is 3.90. The zero-order chi connectivity index (χ0) is 20.7. The van der Waals surface area contributed by atoms with Gasteiger partial charge in [-0.1, -0.05) is 23.5 Å². The van der Waals surface area contributed by atoms with Crippen LogP contribution in [0, 0.1) is 5.92 Å². The Kier molecular flexibility index (Phi) is 4.78. The van der Waals surface area contributed by atoms with Crippen LogP contribution in [0.5, 0.6) is 11.5 Å². The van der Waals surface area contributed by atoms with Gasteiger partial charge in [-0.15, -0.1) is 0 Å². The van der Waals surface area contributed by atoms with Crippen LogP contribution in [0.3, 0.4) is 0 Å².